The zero-order valence-electron chi connectivity index (χ0n) is 11.6. The van der Waals surface area contributed by atoms with Gasteiger partial charge in [0.2, 0.25) is 0 Å². The molecule has 2 rings (SSSR count). The van der Waals surface area contributed by atoms with E-state index < -0.39 is 6.10 Å². The van der Waals surface area contributed by atoms with Gasteiger partial charge in [0.1, 0.15) is 6.10 Å². The van der Waals surface area contributed by atoms with Gasteiger partial charge in [-0.3, -0.25) is 0 Å². The van der Waals surface area contributed by atoms with Gasteiger partial charge < -0.3 is 14.6 Å². The van der Waals surface area contributed by atoms with Crippen LogP contribution >= 0.6 is 0 Å². The molecule has 1 N–H and O–H groups in total. The van der Waals surface area contributed by atoms with E-state index in [1.165, 1.54) is 5.56 Å². The lowest BCUT2D eigenvalue weighted by Gasteiger charge is -2.25. The minimum absolute atomic E-state index is 0.195. The number of aliphatic hydroxyl groups excluding tert-OH is 1. The Morgan fingerprint density at radius 1 is 1.37 bits per heavy atom. The summed E-state index contributed by atoms with van der Waals surface area (Å²) in [7, 11) is 0. The highest BCUT2D eigenvalue weighted by Crippen LogP contribution is 2.28. The summed E-state index contributed by atoms with van der Waals surface area (Å²) in [5, 5.41) is 9.50. The Bertz CT molecular complexity index is 413. The molecule has 0 fully saturated rings. The molecular formula is C16H22O3. The van der Waals surface area contributed by atoms with Crippen molar-refractivity contribution in [2.45, 2.75) is 44.7 Å². The van der Waals surface area contributed by atoms with Gasteiger partial charge in [0.05, 0.1) is 24.9 Å². The van der Waals surface area contributed by atoms with Crippen LogP contribution in [-0.2, 0) is 16.1 Å². The van der Waals surface area contributed by atoms with Gasteiger partial charge in [0.25, 0.3) is 0 Å². The summed E-state index contributed by atoms with van der Waals surface area (Å²) in [6.07, 6.45) is 4.08. The van der Waals surface area contributed by atoms with Crippen molar-refractivity contribution < 1.29 is 14.6 Å². The highest BCUT2D eigenvalue weighted by atomic mass is 16.5. The number of rotatable bonds is 6. The maximum Gasteiger partial charge on any atom is 0.102 e. The van der Waals surface area contributed by atoms with Gasteiger partial charge in [-0.25, -0.2) is 0 Å². The van der Waals surface area contributed by atoms with Crippen molar-refractivity contribution in [3.63, 3.8) is 0 Å². The van der Waals surface area contributed by atoms with Crippen LogP contribution in [0.1, 0.15) is 25.8 Å². The Labute approximate surface area is 114 Å². The molecule has 3 nitrogen and oxygen atoms in total. The van der Waals surface area contributed by atoms with Crippen LogP contribution in [0.2, 0.25) is 0 Å². The van der Waals surface area contributed by atoms with Crippen molar-refractivity contribution in [3.05, 3.63) is 48.0 Å². The highest BCUT2D eigenvalue weighted by Gasteiger charge is 2.32. The largest absolute Gasteiger partial charge is 0.390 e. The number of hydrogen-bond donors (Lipinski definition) is 1. The molecule has 3 heteroatoms. The molecule has 0 saturated carbocycles. The van der Waals surface area contributed by atoms with Crippen molar-refractivity contribution in [2.75, 3.05) is 6.61 Å². The van der Waals surface area contributed by atoms with Crippen LogP contribution in [0.15, 0.2) is 42.5 Å². The molecule has 0 unspecified atom stereocenters. The lowest BCUT2D eigenvalue weighted by atomic mass is 10.0. The van der Waals surface area contributed by atoms with Crippen molar-refractivity contribution in [1.82, 2.24) is 0 Å². The standard InChI is InChI=1S/C16H22O3/c1-13(17)15-8-9-16(2,19-15)10-11-18-12-14-6-4-3-5-7-14/h3-9,13,15,17H,10-12H2,1-2H3/t13-,15+,16-/m1/s1. The van der Waals surface area contributed by atoms with Crippen molar-refractivity contribution in [3.8, 4) is 0 Å². The summed E-state index contributed by atoms with van der Waals surface area (Å²) in [4.78, 5) is 0. The molecule has 1 heterocycles. The molecule has 19 heavy (non-hydrogen) atoms. The van der Waals surface area contributed by atoms with E-state index in [0.717, 1.165) is 6.42 Å². The molecule has 0 saturated heterocycles. The Morgan fingerprint density at radius 2 is 2.11 bits per heavy atom. The smallest absolute Gasteiger partial charge is 0.102 e. The summed E-state index contributed by atoms with van der Waals surface area (Å²) in [5.41, 5.74) is 0.857. The quantitative estimate of drug-likeness (QED) is 0.633. The van der Waals surface area contributed by atoms with Gasteiger partial charge in [-0.15, -0.1) is 0 Å². The molecule has 0 aromatic heterocycles. The van der Waals surface area contributed by atoms with Crippen molar-refractivity contribution >= 4 is 0 Å². The number of hydrogen-bond acceptors (Lipinski definition) is 3. The maximum absolute atomic E-state index is 9.50. The van der Waals surface area contributed by atoms with E-state index in [1.54, 1.807) is 6.92 Å². The van der Waals surface area contributed by atoms with Gasteiger partial charge in [-0.05, 0) is 19.4 Å². The fourth-order valence-electron chi connectivity index (χ4n) is 2.13. The molecule has 104 valence electrons. The van der Waals surface area contributed by atoms with E-state index in [0.29, 0.717) is 13.2 Å². The van der Waals surface area contributed by atoms with E-state index in [1.807, 2.05) is 37.3 Å². The zero-order chi connectivity index (χ0) is 13.7. The summed E-state index contributed by atoms with van der Waals surface area (Å²) >= 11 is 0. The van der Waals surface area contributed by atoms with Crippen molar-refractivity contribution in [2.24, 2.45) is 0 Å². The normalized spacial score (nSPS) is 27.6. The van der Waals surface area contributed by atoms with Crippen LogP contribution in [0.3, 0.4) is 0 Å². The third-order valence-corrected chi connectivity index (χ3v) is 3.37. The minimum Gasteiger partial charge on any atom is -0.390 e. The summed E-state index contributed by atoms with van der Waals surface area (Å²) in [6, 6.07) is 10.1. The molecule has 0 bridgehead atoms. The van der Waals surface area contributed by atoms with Gasteiger partial charge in [0, 0.05) is 6.42 Å². The fraction of sp³-hybridized carbons (Fsp3) is 0.500. The van der Waals surface area contributed by atoms with Crippen LogP contribution < -0.4 is 0 Å². The predicted octanol–water partition coefficient (Wildman–Crippen LogP) is 2.69. The number of benzene rings is 1. The number of aliphatic hydroxyl groups is 1. The van der Waals surface area contributed by atoms with Crippen LogP contribution in [0.5, 0.6) is 0 Å². The molecule has 0 spiro atoms. The lowest BCUT2D eigenvalue weighted by Crippen LogP contribution is -2.31. The first kappa shape index (κ1) is 14.3. The Kier molecular flexibility index (Phi) is 4.75. The molecule has 0 amide bonds. The molecule has 0 radical (unpaired) electrons. The molecule has 0 aliphatic carbocycles. The number of ether oxygens (including phenoxy) is 2. The third kappa shape index (κ3) is 4.16. The Morgan fingerprint density at radius 3 is 2.74 bits per heavy atom. The van der Waals surface area contributed by atoms with Crippen LogP contribution in [0.4, 0.5) is 0 Å². The molecule has 3 atom stereocenters. The maximum atomic E-state index is 9.50. The second kappa shape index (κ2) is 6.33. The van der Waals surface area contributed by atoms with E-state index in [4.69, 9.17) is 9.47 Å². The minimum atomic E-state index is -0.469. The highest BCUT2D eigenvalue weighted by molar-refractivity contribution is 5.13. The monoisotopic (exact) mass is 262 g/mol. The first-order valence-corrected chi connectivity index (χ1v) is 6.76. The first-order valence-electron chi connectivity index (χ1n) is 6.76. The van der Waals surface area contributed by atoms with Gasteiger partial charge in [0.15, 0.2) is 0 Å². The SMILES string of the molecule is C[C@@H](O)[C@@H]1C=C[C@](C)(CCOCc2ccccc2)O1. The first-order chi connectivity index (χ1) is 9.09. The lowest BCUT2D eigenvalue weighted by molar-refractivity contribution is -0.0734. The molecule has 1 aromatic rings. The van der Waals surface area contributed by atoms with Gasteiger partial charge in [-0.2, -0.15) is 0 Å². The topological polar surface area (TPSA) is 38.7 Å². The third-order valence-electron chi connectivity index (χ3n) is 3.37. The Hall–Kier alpha value is -1.16. The molecule has 1 aromatic carbocycles. The van der Waals surface area contributed by atoms with E-state index in [9.17, 15) is 5.11 Å². The van der Waals surface area contributed by atoms with Gasteiger partial charge in [-0.1, -0.05) is 42.5 Å². The molecule has 1 aliphatic rings. The van der Waals surface area contributed by atoms with Crippen molar-refractivity contribution in [1.29, 1.82) is 0 Å². The summed E-state index contributed by atoms with van der Waals surface area (Å²) in [5.74, 6) is 0. The second-order valence-electron chi connectivity index (χ2n) is 5.28. The Balaban J connectivity index is 1.70. The van der Waals surface area contributed by atoms with E-state index in [-0.39, 0.29) is 11.7 Å². The summed E-state index contributed by atoms with van der Waals surface area (Å²) in [6.45, 7) is 5.03. The van der Waals surface area contributed by atoms with E-state index in [2.05, 4.69) is 12.1 Å². The predicted molar refractivity (Wildman–Crippen MR) is 74.8 cm³/mol. The van der Waals surface area contributed by atoms with Crippen LogP contribution in [0.25, 0.3) is 0 Å². The molecule has 1 aliphatic heterocycles. The van der Waals surface area contributed by atoms with Gasteiger partial charge >= 0.3 is 0 Å². The van der Waals surface area contributed by atoms with E-state index >= 15 is 0 Å². The second-order valence-corrected chi connectivity index (χ2v) is 5.28. The average Bonchev–Trinajstić information content (AvgIpc) is 2.79. The molecular weight excluding hydrogens is 240 g/mol. The summed E-state index contributed by atoms with van der Waals surface area (Å²) < 4.78 is 11.5. The zero-order valence-corrected chi connectivity index (χ0v) is 11.6. The van der Waals surface area contributed by atoms with Crippen LogP contribution in [0, 0.1) is 0 Å². The fourth-order valence-corrected chi connectivity index (χ4v) is 2.13. The van der Waals surface area contributed by atoms with Crippen LogP contribution in [-0.4, -0.2) is 29.5 Å². The average molecular weight is 262 g/mol.